The Hall–Kier alpha value is -2.25. The van der Waals surface area contributed by atoms with Crippen LogP contribution in [0.25, 0.3) is 0 Å². The van der Waals surface area contributed by atoms with Gasteiger partial charge in [-0.15, -0.1) is 0 Å². The zero-order valence-corrected chi connectivity index (χ0v) is 11.8. The molecule has 1 heterocycles. The number of hydrogen-bond acceptors (Lipinski definition) is 4. The first-order chi connectivity index (χ1) is 9.72. The summed E-state index contributed by atoms with van der Waals surface area (Å²) in [6.07, 6.45) is 0. The second-order valence-electron chi connectivity index (χ2n) is 4.08. The average molecular weight is 288 g/mol. The van der Waals surface area contributed by atoms with Crippen molar-refractivity contribution in [2.45, 2.75) is 13.5 Å². The summed E-state index contributed by atoms with van der Waals surface area (Å²) in [6, 6.07) is 12.7. The lowest BCUT2D eigenvalue weighted by atomic mass is 10.2. The molecule has 0 bridgehead atoms. The molecule has 1 aromatic heterocycles. The number of ether oxygens (including phenoxy) is 1. The van der Waals surface area contributed by atoms with Crippen molar-refractivity contribution in [3.63, 3.8) is 0 Å². The molecule has 2 aromatic rings. The molecule has 0 aliphatic heterocycles. The van der Waals surface area contributed by atoms with Gasteiger partial charge in [0.2, 0.25) is 0 Å². The van der Waals surface area contributed by atoms with Crippen LogP contribution in [0.5, 0.6) is 5.75 Å². The maximum atomic E-state index is 8.84. The number of nitrogens with one attached hydrogen (secondary N) is 1. The molecule has 5 heteroatoms. The number of rotatable bonds is 5. The molecule has 0 spiro atoms. The number of anilines is 1. The summed E-state index contributed by atoms with van der Waals surface area (Å²) in [6.45, 7) is 3.05. The summed E-state index contributed by atoms with van der Waals surface area (Å²) in [5.74, 6) is 1.39. The summed E-state index contributed by atoms with van der Waals surface area (Å²) in [4.78, 5) is 4.39. The van der Waals surface area contributed by atoms with Gasteiger partial charge in [0.15, 0.2) is 0 Å². The van der Waals surface area contributed by atoms with Crippen molar-refractivity contribution in [2.75, 3.05) is 11.9 Å². The van der Waals surface area contributed by atoms with Gasteiger partial charge in [-0.1, -0.05) is 17.7 Å². The van der Waals surface area contributed by atoms with E-state index in [-0.39, 0.29) is 6.61 Å². The minimum atomic E-state index is 0.257. The van der Waals surface area contributed by atoms with E-state index in [4.69, 9.17) is 21.6 Å². The average Bonchev–Trinajstić information content (AvgIpc) is 2.48. The van der Waals surface area contributed by atoms with Gasteiger partial charge in [0.1, 0.15) is 18.2 Å². The number of hydrogen-bond donors (Lipinski definition) is 1. The Labute approximate surface area is 123 Å². The lowest BCUT2D eigenvalue weighted by Crippen LogP contribution is -2.04. The molecule has 20 heavy (non-hydrogen) atoms. The molecule has 0 unspecified atom stereocenters. The Bertz CT molecular complexity index is 637. The Morgan fingerprint density at radius 3 is 2.95 bits per heavy atom. The Balaban J connectivity index is 2.10. The molecule has 0 atom stereocenters. The van der Waals surface area contributed by atoms with E-state index >= 15 is 0 Å². The summed E-state index contributed by atoms with van der Waals surface area (Å²) in [5, 5.41) is 12.5. The maximum absolute atomic E-state index is 8.84. The fraction of sp³-hybridized carbons (Fsp3) is 0.200. The number of benzene rings is 1. The van der Waals surface area contributed by atoms with Gasteiger partial charge in [0.25, 0.3) is 0 Å². The van der Waals surface area contributed by atoms with Crippen molar-refractivity contribution in [1.82, 2.24) is 4.98 Å². The van der Waals surface area contributed by atoms with Crippen LogP contribution in [-0.2, 0) is 6.61 Å². The van der Waals surface area contributed by atoms with Gasteiger partial charge in [0, 0.05) is 6.54 Å². The van der Waals surface area contributed by atoms with Gasteiger partial charge in [-0.3, -0.25) is 0 Å². The number of nitrogens with zero attached hydrogens (tertiary/aromatic N) is 2. The number of nitriles is 1. The van der Waals surface area contributed by atoms with Crippen molar-refractivity contribution < 1.29 is 4.74 Å². The highest BCUT2D eigenvalue weighted by atomic mass is 35.5. The molecule has 1 aromatic carbocycles. The topological polar surface area (TPSA) is 57.9 Å². The molecule has 0 fully saturated rings. The molecule has 0 saturated carbocycles. The van der Waals surface area contributed by atoms with E-state index in [1.54, 1.807) is 30.3 Å². The van der Waals surface area contributed by atoms with Crippen LogP contribution in [0.1, 0.15) is 18.2 Å². The van der Waals surface area contributed by atoms with Gasteiger partial charge in [-0.05, 0) is 37.3 Å². The largest absolute Gasteiger partial charge is 0.487 e. The highest BCUT2D eigenvalue weighted by Crippen LogP contribution is 2.20. The molecule has 0 saturated heterocycles. The number of aromatic nitrogens is 1. The van der Waals surface area contributed by atoms with Crippen LogP contribution < -0.4 is 10.1 Å². The normalized spacial score (nSPS) is 9.85. The van der Waals surface area contributed by atoms with Crippen LogP contribution >= 0.6 is 11.6 Å². The fourth-order valence-electron chi connectivity index (χ4n) is 1.67. The van der Waals surface area contributed by atoms with Crippen LogP contribution in [0.3, 0.4) is 0 Å². The first-order valence-electron chi connectivity index (χ1n) is 6.25. The standard InChI is InChI=1S/C15H14ClN3O/c1-2-18-15-7-6-13(16)14(19-15)10-20-12-5-3-4-11(8-12)9-17/h3-8H,2,10H2,1H3,(H,18,19). The molecular weight excluding hydrogens is 274 g/mol. The molecule has 1 N–H and O–H groups in total. The lowest BCUT2D eigenvalue weighted by molar-refractivity contribution is 0.301. The Morgan fingerprint density at radius 1 is 1.35 bits per heavy atom. The molecule has 102 valence electrons. The van der Waals surface area contributed by atoms with Crippen molar-refractivity contribution in [2.24, 2.45) is 0 Å². The van der Waals surface area contributed by atoms with Crippen LogP contribution in [0, 0.1) is 11.3 Å². The van der Waals surface area contributed by atoms with E-state index in [1.807, 2.05) is 13.0 Å². The van der Waals surface area contributed by atoms with E-state index in [1.165, 1.54) is 0 Å². The van der Waals surface area contributed by atoms with Gasteiger partial charge in [-0.2, -0.15) is 5.26 Å². The van der Waals surface area contributed by atoms with Gasteiger partial charge in [0.05, 0.1) is 22.3 Å². The van der Waals surface area contributed by atoms with Crippen LogP contribution in [-0.4, -0.2) is 11.5 Å². The van der Waals surface area contributed by atoms with Gasteiger partial charge >= 0.3 is 0 Å². The summed E-state index contributed by atoms with van der Waals surface area (Å²) in [7, 11) is 0. The fourth-order valence-corrected chi connectivity index (χ4v) is 1.83. The van der Waals surface area contributed by atoms with Crippen molar-refractivity contribution in [3.05, 3.63) is 52.7 Å². The lowest BCUT2D eigenvalue weighted by Gasteiger charge is -2.09. The van der Waals surface area contributed by atoms with Gasteiger partial charge in [-0.25, -0.2) is 4.98 Å². The van der Waals surface area contributed by atoms with Crippen LogP contribution in [0.2, 0.25) is 5.02 Å². The third kappa shape index (κ3) is 3.62. The molecule has 0 amide bonds. The number of halogens is 1. The predicted molar refractivity (Wildman–Crippen MR) is 78.9 cm³/mol. The molecule has 2 rings (SSSR count). The van der Waals surface area contributed by atoms with Crippen molar-refractivity contribution in [1.29, 1.82) is 5.26 Å². The zero-order valence-electron chi connectivity index (χ0n) is 11.1. The summed E-state index contributed by atoms with van der Waals surface area (Å²) >= 11 is 6.10. The molecule has 0 aliphatic rings. The SMILES string of the molecule is CCNc1ccc(Cl)c(COc2cccc(C#N)c2)n1. The minimum absolute atomic E-state index is 0.257. The summed E-state index contributed by atoms with van der Waals surface area (Å²) in [5.41, 5.74) is 1.22. The molecule has 4 nitrogen and oxygen atoms in total. The maximum Gasteiger partial charge on any atom is 0.132 e. The van der Waals surface area contributed by atoms with Crippen molar-refractivity contribution in [3.8, 4) is 11.8 Å². The van der Waals surface area contributed by atoms with E-state index < -0.39 is 0 Å². The zero-order chi connectivity index (χ0) is 14.4. The molecule has 0 radical (unpaired) electrons. The number of pyridine rings is 1. The third-order valence-corrected chi connectivity index (χ3v) is 2.96. The van der Waals surface area contributed by atoms with Gasteiger partial charge < -0.3 is 10.1 Å². The smallest absolute Gasteiger partial charge is 0.132 e. The van der Waals surface area contributed by atoms with E-state index in [9.17, 15) is 0 Å². The second-order valence-corrected chi connectivity index (χ2v) is 4.49. The second kappa shape index (κ2) is 6.78. The Morgan fingerprint density at radius 2 is 2.20 bits per heavy atom. The van der Waals surface area contributed by atoms with Crippen molar-refractivity contribution >= 4 is 17.4 Å². The van der Waals surface area contributed by atoms with E-state index in [0.29, 0.717) is 22.0 Å². The van der Waals surface area contributed by atoms with E-state index in [0.717, 1.165) is 12.4 Å². The van der Waals surface area contributed by atoms with E-state index in [2.05, 4.69) is 16.4 Å². The Kier molecular flexibility index (Phi) is 4.80. The highest BCUT2D eigenvalue weighted by molar-refractivity contribution is 6.31. The molecule has 0 aliphatic carbocycles. The highest BCUT2D eigenvalue weighted by Gasteiger charge is 2.05. The van der Waals surface area contributed by atoms with Crippen LogP contribution in [0.4, 0.5) is 5.82 Å². The molecular formula is C15H14ClN3O. The first-order valence-corrected chi connectivity index (χ1v) is 6.63. The predicted octanol–water partition coefficient (Wildman–Crippen LogP) is 3.62. The third-order valence-electron chi connectivity index (χ3n) is 2.62. The summed E-state index contributed by atoms with van der Waals surface area (Å²) < 4.78 is 5.62. The first kappa shape index (κ1) is 14.2. The quantitative estimate of drug-likeness (QED) is 0.912. The van der Waals surface area contributed by atoms with Crippen LogP contribution in [0.15, 0.2) is 36.4 Å². The monoisotopic (exact) mass is 287 g/mol. The minimum Gasteiger partial charge on any atom is -0.487 e.